The highest BCUT2D eigenvalue weighted by atomic mass is 16.5. The lowest BCUT2D eigenvalue weighted by Crippen LogP contribution is -2.16. The third-order valence-electron chi connectivity index (χ3n) is 3.46. The van der Waals surface area contributed by atoms with E-state index in [1.54, 1.807) is 0 Å². The van der Waals surface area contributed by atoms with Gasteiger partial charge in [-0.05, 0) is 39.0 Å². The van der Waals surface area contributed by atoms with Gasteiger partial charge in [0.25, 0.3) is 0 Å². The number of hydrogen-bond acceptors (Lipinski definition) is 4. The Morgan fingerprint density at radius 3 is 2.67 bits per heavy atom. The number of hydrogen-bond donors (Lipinski definition) is 1. The number of fused-ring (bicyclic) bond motifs is 1. The predicted molar refractivity (Wildman–Crippen MR) is 72.9 cm³/mol. The highest BCUT2D eigenvalue weighted by Crippen LogP contribution is 2.28. The molecule has 4 heteroatoms. The molecule has 100 valence electrons. The van der Waals surface area contributed by atoms with Crippen LogP contribution in [0.5, 0.6) is 0 Å². The minimum atomic E-state index is 0.0225. The van der Waals surface area contributed by atoms with Crippen LogP contribution in [0.2, 0.25) is 0 Å². The van der Waals surface area contributed by atoms with Crippen molar-refractivity contribution >= 4 is 5.82 Å². The van der Waals surface area contributed by atoms with E-state index in [1.807, 2.05) is 14.0 Å². The summed E-state index contributed by atoms with van der Waals surface area (Å²) in [7, 11) is 1.93. The van der Waals surface area contributed by atoms with Gasteiger partial charge in [-0.25, -0.2) is 9.97 Å². The van der Waals surface area contributed by atoms with Gasteiger partial charge >= 0.3 is 0 Å². The van der Waals surface area contributed by atoms with Crippen LogP contribution >= 0.6 is 0 Å². The Morgan fingerprint density at radius 2 is 2.00 bits per heavy atom. The van der Waals surface area contributed by atoms with E-state index in [-0.39, 0.29) is 6.10 Å². The van der Waals surface area contributed by atoms with Crippen LogP contribution in [0.15, 0.2) is 0 Å². The second kappa shape index (κ2) is 6.14. The molecule has 1 heterocycles. The van der Waals surface area contributed by atoms with Gasteiger partial charge in [-0.2, -0.15) is 0 Å². The third kappa shape index (κ3) is 2.64. The number of aryl methyl sites for hydroxylation is 1. The molecule has 1 aliphatic rings. The molecule has 1 unspecified atom stereocenters. The van der Waals surface area contributed by atoms with Crippen LogP contribution in [-0.2, 0) is 17.6 Å². The average Bonchev–Trinajstić information content (AvgIpc) is 2.43. The van der Waals surface area contributed by atoms with Crippen LogP contribution < -0.4 is 5.32 Å². The highest BCUT2D eigenvalue weighted by molar-refractivity contribution is 5.47. The van der Waals surface area contributed by atoms with Crippen molar-refractivity contribution in [2.24, 2.45) is 0 Å². The Labute approximate surface area is 109 Å². The molecule has 0 amide bonds. The molecule has 1 aromatic rings. The molecule has 0 radical (unpaired) electrons. The van der Waals surface area contributed by atoms with Gasteiger partial charge < -0.3 is 10.1 Å². The molecule has 0 aliphatic heterocycles. The fraction of sp³-hybridized carbons (Fsp3) is 0.714. The van der Waals surface area contributed by atoms with E-state index in [2.05, 4.69) is 17.2 Å². The number of ether oxygens (including phenoxy) is 1. The molecule has 1 atom stereocenters. The van der Waals surface area contributed by atoms with E-state index < -0.39 is 0 Å². The van der Waals surface area contributed by atoms with E-state index in [4.69, 9.17) is 9.72 Å². The van der Waals surface area contributed by atoms with Crippen molar-refractivity contribution in [1.29, 1.82) is 0 Å². The van der Waals surface area contributed by atoms with Crippen molar-refractivity contribution in [2.45, 2.75) is 52.1 Å². The minimum Gasteiger partial charge on any atom is -0.373 e. The molecule has 1 aromatic heterocycles. The van der Waals surface area contributed by atoms with Crippen LogP contribution in [0.4, 0.5) is 5.82 Å². The fourth-order valence-corrected chi connectivity index (χ4v) is 2.54. The van der Waals surface area contributed by atoms with Crippen LogP contribution in [0, 0.1) is 0 Å². The van der Waals surface area contributed by atoms with Crippen LogP contribution in [0.25, 0.3) is 0 Å². The molecule has 18 heavy (non-hydrogen) atoms. The molecule has 0 fully saturated rings. The molecule has 0 aromatic carbocycles. The zero-order valence-corrected chi connectivity index (χ0v) is 11.6. The van der Waals surface area contributed by atoms with E-state index in [9.17, 15) is 0 Å². The second-order valence-corrected chi connectivity index (χ2v) is 4.66. The summed E-state index contributed by atoms with van der Waals surface area (Å²) >= 11 is 0. The van der Waals surface area contributed by atoms with Gasteiger partial charge in [-0.15, -0.1) is 0 Å². The largest absolute Gasteiger partial charge is 0.373 e. The maximum Gasteiger partial charge on any atom is 0.159 e. The van der Waals surface area contributed by atoms with Crippen molar-refractivity contribution in [3.63, 3.8) is 0 Å². The first kappa shape index (κ1) is 13.3. The summed E-state index contributed by atoms with van der Waals surface area (Å²) in [5, 5.41) is 3.21. The number of nitrogens with zero attached hydrogens (tertiary/aromatic N) is 2. The lowest BCUT2D eigenvalue weighted by atomic mass is 9.96. The van der Waals surface area contributed by atoms with Gasteiger partial charge in [0, 0.05) is 24.9 Å². The van der Waals surface area contributed by atoms with Gasteiger partial charge in [0.05, 0.1) is 0 Å². The zero-order chi connectivity index (χ0) is 13.0. The van der Waals surface area contributed by atoms with Crippen molar-refractivity contribution in [3.8, 4) is 0 Å². The standard InChI is InChI=1S/C14H23N3O/c1-4-12(18-5-2)14-16-11-9-7-6-8-10(11)13(15-3)17-14/h12H,4-9H2,1-3H3,(H,15,16,17). The van der Waals surface area contributed by atoms with Crippen LogP contribution in [0.3, 0.4) is 0 Å². The number of anilines is 1. The second-order valence-electron chi connectivity index (χ2n) is 4.66. The highest BCUT2D eigenvalue weighted by Gasteiger charge is 2.20. The third-order valence-corrected chi connectivity index (χ3v) is 3.46. The molecular formula is C14H23N3O. The van der Waals surface area contributed by atoms with E-state index in [0.29, 0.717) is 6.61 Å². The summed E-state index contributed by atoms with van der Waals surface area (Å²) in [6.45, 7) is 4.83. The molecule has 2 rings (SSSR count). The Morgan fingerprint density at radius 1 is 1.22 bits per heavy atom. The molecule has 0 saturated heterocycles. The van der Waals surface area contributed by atoms with Crippen molar-refractivity contribution in [1.82, 2.24) is 9.97 Å². The van der Waals surface area contributed by atoms with E-state index in [1.165, 1.54) is 24.1 Å². The van der Waals surface area contributed by atoms with Crippen molar-refractivity contribution in [3.05, 3.63) is 17.1 Å². The lowest BCUT2D eigenvalue weighted by Gasteiger charge is -2.21. The zero-order valence-electron chi connectivity index (χ0n) is 11.6. The first-order chi connectivity index (χ1) is 8.80. The van der Waals surface area contributed by atoms with Gasteiger partial charge in [0.1, 0.15) is 11.9 Å². The molecule has 1 N–H and O–H groups in total. The van der Waals surface area contributed by atoms with Gasteiger partial charge in [-0.3, -0.25) is 0 Å². The first-order valence-corrected chi connectivity index (χ1v) is 6.99. The molecule has 0 bridgehead atoms. The smallest absolute Gasteiger partial charge is 0.159 e. The average molecular weight is 249 g/mol. The topological polar surface area (TPSA) is 47.0 Å². The molecule has 0 spiro atoms. The van der Waals surface area contributed by atoms with Gasteiger partial charge in [0.15, 0.2) is 5.82 Å². The summed E-state index contributed by atoms with van der Waals surface area (Å²) in [5.41, 5.74) is 2.52. The Balaban J connectivity index is 2.36. The Hall–Kier alpha value is -1.16. The van der Waals surface area contributed by atoms with E-state index >= 15 is 0 Å². The van der Waals surface area contributed by atoms with Crippen LogP contribution in [0.1, 0.15) is 56.3 Å². The van der Waals surface area contributed by atoms with Gasteiger partial charge in [0.2, 0.25) is 0 Å². The molecular weight excluding hydrogens is 226 g/mol. The number of rotatable bonds is 5. The first-order valence-electron chi connectivity index (χ1n) is 6.99. The SMILES string of the molecule is CCOC(CC)c1nc2c(c(NC)n1)CCCC2. The molecule has 1 aliphatic carbocycles. The Bertz CT molecular complexity index is 389. The summed E-state index contributed by atoms with van der Waals surface area (Å²) in [4.78, 5) is 9.38. The van der Waals surface area contributed by atoms with Gasteiger partial charge in [-0.1, -0.05) is 6.92 Å². The molecule has 4 nitrogen and oxygen atoms in total. The summed E-state index contributed by atoms with van der Waals surface area (Å²) in [6, 6.07) is 0. The number of nitrogens with one attached hydrogen (secondary N) is 1. The number of aromatic nitrogens is 2. The lowest BCUT2D eigenvalue weighted by molar-refractivity contribution is 0.0533. The monoisotopic (exact) mass is 249 g/mol. The summed E-state index contributed by atoms with van der Waals surface area (Å²) in [5.74, 6) is 1.83. The quantitative estimate of drug-likeness (QED) is 0.871. The summed E-state index contributed by atoms with van der Waals surface area (Å²) in [6.07, 6.45) is 5.58. The summed E-state index contributed by atoms with van der Waals surface area (Å²) < 4.78 is 5.71. The fourth-order valence-electron chi connectivity index (χ4n) is 2.54. The maximum absolute atomic E-state index is 5.71. The predicted octanol–water partition coefficient (Wildman–Crippen LogP) is 2.88. The Kier molecular flexibility index (Phi) is 4.53. The van der Waals surface area contributed by atoms with Crippen LogP contribution in [-0.4, -0.2) is 23.6 Å². The molecule has 0 saturated carbocycles. The van der Waals surface area contributed by atoms with Crippen molar-refractivity contribution in [2.75, 3.05) is 19.0 Å². The maximum atomic E-state index is 5.71. The van der Waals surface area contributed by atoms with Crippen molar-refractivity contribution < 1.29 is 4.74 Å². The minimum absolute atomic E-state index is 0.0225. The normalized spacial score (nSPS) is 16.2. The van der Waals surface area contributed by atoms with E-state index in [0.717, 1.165) is 30.9 Å².